The van der Waals surface area contributed by atoms with Crippen LogP contribution >= 0.6 is 0 Å². The maximum Gasteiger partial charge on any atom is 0.233 e. The number of aryl methyl sites for hydroxylation is 1. The molecule has 0 radical (unpaired) electrons. The van der Waals surface area contributed by atoms with Crippen molar-refractivity contribution in [2.45, 2.75) is 20.1 Å². The first-order valence-corrected chi connectivity index (χ1v) is 5.02. The first-order valence-electron chi connectivity index (χ1n) is 5.02. The fourth-order valence-corrected chi connectivity index (χ4v) is 1.30. The molecule has 0 spiro atoms. The molecular weight excluding hydrogens is 208 g/mol. The van der Waals surface area contributed by atoms with Gasteiger partial charge in [-0.3, -0.25) is 5.10 Å². The number of ether oxygens (including phenoxy) is 1. The van der Waals surface area contributed by atoms with E-state index in [1.807, 2.05) is 26.1 Å². The summed E-state index contributed by atoms with van der Waals surface area (Å²) in [6.45, 7) is 2.94. The van der Waals surface area contributed by atoms with Crippen LogP contribution in [0.1, 0.15) is 17.1 Å². The van der Waals surface area contributed by atoms with E-state index in [4.69, 9.17) is 9.26 Å². The standard InChI is InChI=1S/C10H14N4O2/c1-7-3-10(13-12-7)15-6-9-4-8(5-11-2)14-16-9/h3-4,11H,5-6H2,1-2H3,(H,12,13). The van der Waals surface area contributed by atoms with E-state index in [1.165, 1.54) is 0 Å². The van der Waals surface area contributed by atoms with Crippen molar-refractivity contribution in [3.63, 3.8) is 0 Å². The minimum atomic E-state index is 0.334. The van der Waals surface area contributed by atoms with Crippen LogP contribution in [-0.4, -0.2) is 22.4 Å². The van der Waals surface area contributed by atoms with Crippen molar-refractivity contribution in [2.75, 3.05) is 7.05 Å². The number of aromatic amines is 1. The molecule has 0 aliphatic carbocycles. The molecule has 2 heterocycles. The Morgan fingerprint density at radius 3 is 3.06 bits per heavy atom. The Morgan fingerprint density at radius 2 is 2.38 bits per heavy atom. The molecule has 0 bridgehead atoms. The van der Waals surface area contributed by atoms with Gasteiger partial charge in [0.2, 0.25) is 5.88 Å². The second-order valence-corrected chi connectivity index (χ2v) is 3.49. The number of aromatic nitrogens is 3. The van der Waals surface area contributed by atoms with Gasteiger partial charge in [0.25, 0.3) is 0 Å². The summed E-state index contributed by atoms with van der Waals surface area (Å²) in [6, 6.07) is 3.68. The molecule has 2 N–H and O–H groups in total. The summed E-state index contributed by atoms with van der Waals surface area (Å²) in [5.41, 5.74) is 1.82. The number of H-pyrrole nitrogens is 1. The molecule has 2 rings (SSSR count). The smallest absolute Gasteiger partial charge is 0.233 e. The highest BCUT2D eigenvalue weighted by Crippen LogP contribution is 2.11. The van der Waals surface area contributed by atoms with E-state index in [0.717, 1.165) is 11.4 Å². The Labute approximate surface area is 93.0 Å². The Bertz CT molecular complexity index is 449. The van der Waals surface area contributed by atoms with E-state index in [9.17, 15) is 0 Å². The van der Waals surface area contributed by atoms with Crippen molar-refractivity contribution in [2.24, 2.45) is 0 Å². The predicted molar refractivity (Wildman–Crippen MR) is 56.9 cm³/mol. The third-order valence-corrected chi connectivity index (χ3v) is 2.01. The molecule has 0 unspecified atom stereocenters. The Balaban J connectivity index is 1.89. The van der Waals surface area contributed by atoms with Gasteiger partial charge in [-0.1, -0.05) is 5.16 Å². The van der Waals surface area contributed by atoms with Gasteiger partial charge in [-0.2, -0.15) is 0 Å². The lowest BCUT2D eigenvalue weighted by atomic mass is 10.4. The molecule has 0 saturated heterocycles. The molecule has 0 aliphatic heterocycles. The van der Waals surface area contributed by atoms with E-state index in [0.29, 0.717) is 24.8 Å². The molecule has 0 aliphatic rings. The quantitative estimate of drug-likeness (QED) is 0.789. The Kier molecular flexibility index (Phi) is 3.21. The third kappa shape index (κ3) is 2.60. The summed E-state index contributed by atoms with van der Waals surface area (Å²) in [5.74, 6) is 1.25. The van der Waals surface area contributed by atoms with Crippen LogP contribution in [0, 0.1) is 6.92 Å². The summed E-state index contributed by atoms with van der Waals surface area (Å²) in [5, 5.41) is 13.6. The second kappa shape index (κ2) is 4.80. The Hall–Kier alpha value is -1.82. The lowest BCUT2D eigenvalue weighted by Gasteiger charge is -1.96. The average Bonchev–Trinajstić information content (AvgIpc) is 2.85. The number of hydrogen-bond donors (Lipinski definition) is 2. The fraction of sp³-hybridized carbons (Fsp3) is 0.400. The van der Waals surface area contributed by atoms with Gasteiger partial charge < -0.3 is 14.6 Å². The molecule has 0 saturated carbocycles. The number of rotatable bonds is 5. The highest BCUT2D eigenvalue weighted by molar-refractivity contribution is 5.13. The molecular formula is C10H14N4O2. The summed E-state index contributed by atoms with van der Waals surface area (Å²) in [4.78, 5) is 0. The molecule has 2 aromatic heterocycles. The Morgan fingerprint density at radius 1 is 1.50 bits per heavy atom. The van der Waals surface area contributed by atoms with Crippen LogP contribution in [0.3, 0.4) is 0 Å². The van der Waals surface area contributed by atoms with E-state index in [1.54, 1.807) is 0 Å². The van der Waals surface area contributed by atoms with Gasteiger partial charge in [0.15, 0.2) is 12.4 Å². The molecule has 6 heteroatoms. The van der Waals surface area contributed by atoms with Gasteiger partial charge in [0.05, 0.1) is 5.69 Å². The van der Waals surface area contributed by atoms with Gasteiger partial charge in [0.1, 0.15) is 0 Å². The van der Waals surface area contributed by atoms with Crippen molar-refractivity contribution in [1.29, 1.82) is 0 Å². The summed E-state index contributed by atoms with van der Waals surface area (Å²) < 4.78 is 10.5. The summed E-state index contributed by atoms with van der Waals surface area (Å²) in [7, 11) is 1.86. The van der Waals surface area contributed by atoms with Crippen LogP contribution in [0.5, 0.6) is 5.88 Å². The first-order chi connectivity index (χ1) is 7.78. The van der Waals surface area contributed by atoms with Crippen LogP contribution in [0.25, 0.3) is 0 Å². The van der Waals surface area contributed by atoms with E-state index >= 15 is 0 Å². The van der Waals surface area contributed by atoms with Crippen molar-refractivity contribution in [3.8, 4) is 5.88 Å². The van der Waals surface area contributed by atoms with Gasteiger partial charge in [0, 0.05) is 24.4 Å². The maximum atomic E-state index is 5.41. The molecule has 6 nitrogen and oxygen atoms in total. The van der Waals surface area contributed by atoms with Crippen molar-refractivity contribution in [3.05, 3.63) is 29.3 Å². The van der Waals surface area contributed by atoms with Gasteiger partial charge in [-0.25, -0.2) is 0 Å². The lowest BCUT2D eigenvalue weighted by Crippen LogP contribution is -2.04. The normalized spacial score (nSPS) is 10.6. The fourth-order valence-electron chi connectivity index (χ4n) is 1.30. The zero-order valence-corrected chi connectivity index (χ0v) is 9.28. The lowest BCUT2D eigenvalue weighted by molar-refractivity contribution is 0.240. The molecule has 0 atom stereocenters. The zero-order valence-electron chi connectivity index (χ0n) is 9.28. The monoisotopic (exact) mass is 222 g/mol. The van der Waals surface area contributed by atoms with Crippen molar-refractivity contribution in [1.82, 2.24) is 20.7 Å². The van der Waals surface area contributed by atoms with E-state index in [-0.39, 0.29) is 0 Å². The number of nitrogens with one attached hydrogen (secondary N) is 2. The van der Waals surface area contributed by atoms with E-state index in [2.05, 4.69) is 20.7 Å². The minimum Gasteiger partial charge on any atom is -0.468 e. The summed E-state index contributed by atoms with van der Waals surface area (Å²) >= 11 is 0. The van der Waals surface area contributed by atoms with Crippen LogP contribution < -0.4 is 10.1 Å². The zero-order chi connectivity index (χ0) is 11.4. The largest absolute Gasteiger partial charge is 0.468 e. The minimum absolute atomic E-state index is 0.334. The molecule has 0 amide bonds. The summed E-state index contributed by atoms with van der Waals surface area (Å²) in [6.07, 6.45) is 0. The van der Waals surface area contributed by atoms with Crippen LogP contribution in [0.4, 0.5) is 0 Å². The molecule has 0 aromatic carbocycles. The predicted octanol–water partition coefficient (Wildman–Crippen LogP) is 1.00. The maximum absolute atomic E-state index is 5.41. The number of hydrogen-bond acceptors (Lipinski definition) is 5. The average molecular weight is 222 g/mol. The van der Waals surface area contributed by atoms with E-state index < -0.39 is 0 Å². The van der Waals surface area contributed by atoms with Crippen molar-refractivity contribution < 1.29 is 9.26 Å². The van der Waals surface area contributed by atoms with Crippen LogP contribution in [-0.2, 0) is 13.2 Å². The molecule has 86 valence electrons. The number of nitrogens with zero attached hydrogens (tertiary/aromatic N) is 2. The SMILES string of the molecule is CNCc1cc(COc2cc(C)[nH]n2)on1. The third-order valence-electron chi connectivity index (χ3n) is 2.01. The van der Waals surface area contributed by atoms with Crippen LogP contribution in [0.15, 0.2) is 16.7 Å². The van der Waals surface area contributed by atoms with Gasteiger partial charge in [-0.05, 0) is 14.0 Å². The highest BCUT2D eigenvalue weighted by atomic mass is 16.5. The first kappa shape index (κ1) is 10.7. The highest BCUT2D eigenvalue weighted by Gasteiger charge is 2.05. The molecule has 2 aromatic rings. The molecule has 0 fully saturated rings. The topological polar surface area (TPSA) is 76.0 Å². The molecule has 16 heavy (non-hydrogen) atoms. The van der Waals surface area contributed by atoms with Gasteiger partial charge in [-0.15, -0.1) is 5.10 Å². The van der Waals surface area contributed by atoms with Crippen molar-refractivity contribution >= 4 is 0 Å². The second-order valence-electron chi connectivity index (χ2n) is 3.49. The van der Waals surface area contributed by atoms with Crippen LogP contribution in [0.2, 0.25) is 0 Å². The van der Waals surface area contributed by atoms with Gasteiger partial charge >= 0.3 is 0 Å².